The van der Waals surface area contributed by atoms with Gasteiger partial charge in [-0.1, -0.05) is 37.8 Å². The summed E-state index contributed by atoms with van der Waals surface area (Å²) in [6.07, 6.45) is 10.6. The molecule has 0 bridgehead atoms. The molecule has 1 saturated heterocycles. The lowest BCUT2D eigenvalue weighted by atomic mass is 9.98. The van der Waals surface area contributed by atoms with Gasteiger partial charge in [0.1, 0.15) is 0 Å². The Morgan fingerprint density at radius 3 is 2.47 bits per heavy atom. The van der Waals surface area contributed by atoms with Gasteiger partial charge in [-0.3, -0.25) is 4.79 Å². The Hall–Kier alpha value is -2.37. The zero-order valence-corrected chi connectivity index (χ0v) is 18.1. The van der Waals surface area contributed by atoms with E-state index in [1.807, 2.05) is 0 Å². The van der Waals surface area contributed by atoms with E-state index in [1.165, 1.54) is 44.2 Å². The third-order valence-electron chi connectivity index (χ3n) is 6.53. The fourth-order valence-electron chi connectivity index (χ4n) is 4.51. The Morgan fingerprint density at radius 2 is 1.77 bits per heavy atom. The molecule has 2 aromatic rings. The van der Waals surface area contributed by atoms with E-state index in [2.05, 4.69) is 51.5 Å². The second-order valence-electron chi connectivity index (χ2n) is 8.98. The van der Waals surface area contributed by atoms with Crippen molar-refractivity contribution in [3.63, 3.8) is 0 Å². The van der Waals surface area contributed by atoms with Crippen LogP contribution in [0.5, 0.6) is 0 Å². The molecule has 0 atom stereocenters. The van der Waals surface area contributed by atoms with Gasteiger partial charge in [0.15, 0.2) is 0 Å². The zero-order chi connectivity index (χ0) is 20.8. The average Bonchev–Trinajstić information content (AvgIpc) is 3.10. The van der Waals surface area contributed by atoms with E-state index >= 15 is 0 Å². The fraction of sp³-hybridized carbons (Fsp3) is 0.625. The number of amides is 1. The molecule has 4 rings (SSSR count). The summed E-state index contributed by atoms with van der Waals surface area (Å²) in [5.74, 6) is 2.03. The molecule has 6 heteroatoms. The number of aryl methyl sites for hydroxylation is 1. The van der Waals surface area contributed by atoms with Crippen LogP contribution in [-0.2, 0) is 11.2 Å². The summed E-state index contributed by atoms with van der Waals surface area (Å²) in [5, 5.41) is 7.29. The third-order valence-corrected chi connectivity index (χ3v) is 6.53. The Balaban J connectivity index is 1.27. The van der Waals surface area contributed by atoms with Crippen LogP contribution in [0.15, 0.2) is 28.8 Å². The zero-order valence-electron chi connectivity index (χ0n) is 18.1. The monoisotopic (exact) mass is 410 g/mol. The van der Waals surface area contributed by atoms with Crippen LogP contribution < -0.4 is 10.2 Å². The number of hydrogen-bond acceptors (Lipinski definition) is 5. The number of carbonyl (C=O) groups excluding carboxylic acids is 1. The summed E-state index contributed by atoms with van der Waals surface area (Å²) < 4.78 is 5.39. The molecular weight excluding hydrogens is 376 g/mol. The number of rotatable bonds is 6. The molecule has 2 fully saturated rings. The minimum atomic E-state index is 0.0850. The van der Waals surface area contributed by atoms with Crippen molar-refractivity contribution in [3.8, 4) is 11.4 Å². The quantitative estimate of drug-likeness (QED) is 0.696. The van der Waals surface area contributed by atoms with Gasteiger partial charge in [-0.05, 0) is 55.9 Å². The van der Waals surface area contributed by atoms with Crippen LogP contribution in [0.4, 0.5) is 5.69 Å². The van der Waals surface area contributed by atoms with Crippen molar-refractivity contribution in [1.29, 1.82) is 0 Å². The molecule has 6 nitrogen and oxygen atoms in total. The average molecular weight is 411 g/mol. The van der Waals surface area contributed by atoms with Gasteiger partial charge in [-0.15, -0.1) is 0 Å². The highest BCUT2D eigenvalue weighted by atomic mass is 16.5. The molecule has 1 saturated carbocycles. The number of carbonyl (C=O) groups is 1. The first-order valence-electron chi connectivity index (χ1n) is 11.6. The first kappa shape index (κ1) is 20.9. The van der Waals surface area contributed by atoms with Gasteiger partial charge in [0.25, 0.3) is 0 Å². The number of aromatic nitrogens is 2. The molecular formula is C24H34N4O2. The van der Waals surface area contributed by atoms with Crippen LogP contribution in [0.1, 0.15) is 70.6 Å². The van der Waals surface area contributed by atoms with E-state index in [-0.39, 0.29) is 5.91 Å². The Labute approximate surface area is 179 Å². The number of hydrogen-bond donors (Lipinski definition) is 1. The Morgan fingerprint density at radius 1 is 1.07 bits per heavy atom. The van der Waals surface area contributed by atoms with Crippen molar-refractivity contribution in [2.24, 2.45) is 5.92 Å². The SMILES string of the molecule is CC1CCN(c2ccc(-c3noc(CCC(=O)NC4CCCCCC4)n3)cc2)CC1. The van der Waals surface area contributed by atoms with E-state index in [0.717, 1.165) is 37.4 Å². The predicted molar refractivity (Wildman–Crippen MR) is 118 cm³/mol. The molecule has 1 amide bonds. The smallest absolute Gasteiger partial charge is 0.227 e. The summed E-state index contributed by atoms with van der Waals surface area (Å²) in [6.45, 7) is 4.57. The molecule has 1 aromatic heterocycles. The third kappa shape index (κ3) is 5.61. The molecule has 162 valence electrons. The van der Waals surface area contributed by atoms with Gasteiger partial charge in [0, 0.05) is 43.2 Å². The lowest BCUT2D eigenvalue weighted by Gasteiger charge is -2.32. The molecule has 2 aliphatic rings. The van der Waals surface area contributed by atoms with E-state index in [9.17, 15) is 4.79 Å². The number of piperidine rings is 1. The predicted octanol–water partition coefficient (Wildman–Crippen LogP) is 4.74. The van der Waals surface area contributed by atoms with Crippen molar-refractivity contribution in [3.05, 3.63) is 30.2 Å². The van der Waals surface area contributed by atoms with E-state index in [4.69, 9.17) is 4.52 Å². The van der Waals surface area contributed by atoms with Gasteiger partial charge < -0.3 is 14.7 Å². The van der Waals surface area contributed by atoms with Crippen molar-refractivity contribution in [2.45, 2.75) is 77.2 Å². The summed E-state index contributed by atoms with van der Waals surface area (Å²) in [4.78, 5) is 19.2. The highest BCUT2D eigenvalue weighted by molar-refractivity contribution is 5.76. The maximum atomic E-state index is 12.3. The molecule has 2 heterocycles. The number of benzene rings is 1. The molecule has 1 N–H and O–H groups in total. The molecule has 1 aliphatic carbocycles. The van der Waals surface area contributed by atoms with Crippen LogP contribution >= 0.6 is 0 Å². The van der Waals surface area contributed by atoms with Crippen molar-refractivity contribution < 1.29 is 9.32 Å². The maximum Gasteiger partial charge on any atom is 0.227 e. The van der Waals surface area contributed by atoms with Gasteiger partial charge in [0.2, 0.25) is 17.6 Å². The molecule has 1 aromatic carbocycles. The minimum Gasteiger partial charge on any atom is -0.372 e. The van der Waals surface area contributed by atoms with Crippen molar-refractivity contribution in [1.82, 2.24) is 15.5 Å². The highest BCUT2D eigenvalue weighted by Crippen LogP contribution is 2.25. The Kier molecular flexibility index (Phi) is 7.03. The summed E-state index contributed by atoms with van der Waals surface area (Å²) in [5.41, 5.74) is 2.20. The highest BCUT2D eigenvalue weighted by Gasteiger charge is 2.18. The minimum absolute atomic E-state index is 0.0850. The van der Waals surface area contributed by atoms with E-state index < -0.39 is 0 Å². The molecule has 0 spiro atoms. The lowest BCUT2D eigenvalue weighted by molar-refractivity contribution is -0.121. The molecule has 0 unspecified atom stereocenters. The molecule has 0 radical (unpaired) electrons. The summed E-state index contributed by atoms with van der Waals surface area (Å²) >= 11 is 0. The van der Waals surface area contributed by atoms with Crippen molar-refractivity contribution >= 4 is 11.6 Å². The molecule has 30 heavy (non-hydrogen) atoms. The maximum absolute atomic E-state index is 12.3. The second kappa shape index (κ2) is 10.1. The van der Waals surface area contributed by atoms with Crippen molar-refractivity contribution in [2.75, 3.05) is 18.0 Å². The largest absolute Gasteiger partial charge is 0.372 e. The van der Waals surface area contributed by atoms with Crippen LogP contribution in [0.3, 0.4) is 0 Å². The van der Waals surface area contributed by atoms with E-state index in [1.54, 1.807) is 0 Å². The van der Waals surface area contributed by atoms with Crippen LogP contribution in [-0.4, -0.2) is 35.2 Å². The summed E-state index contributed by atoms with van der Waals surface area (Å²) in [7, 11) is 0. The second-order valence-corrected chi connectivity index (χ2v) is 8.98. The van der Waals surface area contributed by atoms with Gasteiger partial charge in [0.05, 0.1) is 0 Å². The topological polar surface area (TPSA) is 71.3 Å². The Bertz CT molecular complexity index is 801. The summed E-state index contributed by atoms with van der Waals surface area (Å²) in [6, 6.07) is 8.73. The first-order valence-corrected chi connectivity index (χ1v) is 11.6. The van der Waals surface area contributed by atoms with Crippen LogP contribution in [0, 0.1) is 5.92 Å². The standard InChI is InChI=1S/C24H34N4O2/c1-18-14-16-28(17-15-18)21-10-8-19(9-11-21)24-26-23(30-27-24)13-12-22(29)25-20-6-4-2-3-5-7-20/h8-11,18,20H,2-7,12-17H2,1H3,(H,25,29). The van der Waals surface area contributed by atoms with Crippen LogP contribution in [0.2, 0.25) is 0 Å². The lowest BCUT2D eigenvalue weighted by Crippen LogP contribution is -2.34. The van der Waals surface area contributed by atoms with E-state index in [0.29, 0.717) is 30.6 Å². The number of anilines is 1. The van der Waals surface area contributed by atoms with Gasteiger partial charge in [-0.25, -0.2) is 0 Å². The van der Waals surface area contributed by atoms with Crippen LogP contribution in [0.25, 0.3) is 11.4 Å². The van der Waals surface area contributed by atoms with Gasteiger partial charge >= 0.3 is 0 Å². The normalized spacial score (nSPS) is 18.9. The molecule has 1 aliphatic heterocycles. The number of nitrogens with zero attached hydrogens (tertiary/aromatic N) is 3. The fourth-order valence-corrected chi connectivity index (χ4v) is 4.51. The first-order chi connectivity index (χ1) is 14.7. The van der Waals surface area contributed by atoms with Gasteiger partial charge in [-0.2, -0.15) is 4.98 Å². The number of nitrogens with one attached hydrogen (secondary N) is 1.